The maximum absolute atomic E-state index is 12.7. The molecule has 1 aliphatic heterocycles. The quantitative estimate of drug-likeness (QED) is 0.553. The molecule has 0 aliphatic carbocycles. The molecule has 0 saturated carbocycles. The number of aromatic nitrogens is 1. The van der Waals surface area contributed by atoms with E-state index in [2.05, 4.69) is 10.3 Å². The highest BCUT2D eigenvalue weighted by Gasteiger charge is 2.32. The van der Waals surface area contributed by atoms with E-state index in [-0.39, 0.29) is 23.3 Å². The third-order valence-corrected chi connectivity index (χ3v) is 6.12. The molecule has 0 radical (unpaired) electrons. The first kappa shape index (κ1) is 24.1. The Kier molecular flexibility index (Phi) is 7.21. The molecule has 3 heterocycles. The second-order valence-corrected chi connectivity index (χ2v) is 8.64. The number of amides is 1. The molecule has 32 heavy (non-hydrogen) atoms. The van der Waals surface area contributed by atoms with E-state index in [1.165, 1.54) is 12.1 Å². The first-order valence-electron chi connectivity index (χ1n) is 9.77. The van der Waals surface area contributed by atoms with Crippen molar-refractivity contribution in [2.24, 2.45) is 5.92 Å². The number of ether oxygens (including phenoxy) is 1. The van der Waals surface area contributed by atoms with Crippen LogP contribution in [-0.4, -0.2) is 36.8 Å². The summed E-state index contributed by atoms with van der Waals surface area (Å²) >= 11 is 1.03. The van der Waals surface area contributed by atoms with Gasteiger partial charge in [0.25, 0.3) is 0 Å². The third kappa shape index (κ3) is 6.75. The van der Waals surface area contributed by atoms with Gasteiger partial charge in [-0.2, -0.15) is 26.3 Å². The van der Waals surface area contributed by atoms with Crippen LogP contribution in [0.1, 0.15) is 36.2 Å². The highest BCUT2D eigenvalue weighted by Crippen LogP contribution is 2.32. The van der Waals surface area contributed by atoms with Gasteiger partial charge >= 0.3 is 12.4 Å². The standard InChI is InChI=1S/C20H21F6N3O2S/c1-12(15-3-5-18(32-15)31-11-19(21,22)23)28-17(30)8-13-6-7-29(10-13)16-4-2-14(9-27-16)20(24,25)26/h2-5,9,12-13H,6-8,10-11H2,1H3,(H,28,30)/t12-,13-/m1/s1. The number of halogens is 6. The minimum absolute atomic E-state index is 0.0142. The highest BCUT2D eigenvalue weighted by molar-refractivity contribution is 7.13. The van der Waals surface area contributed by atoms with Crippen LogP contribution in [0.15, 0.2) is 30.5 Å². The topological polar surface area (TPSA) is 54.5 Å². The summed E-state index contributed by atoms with van der Waals surface area (Å²) in [4.78, 5) is 18.8. The number of hydrogen-bond donors (Lipinski definition) is 1. The van der Waals surface area contributed by atoms with E-state index in [0.29, 0.717) is 30.2 Å². The van der Waals surface area contributed by atoms with Crippen LogP contribution in [0.25, 0.3) is 0 Å². The van der Waals surface area contributed by atoms with Gasteiger partial charge in [0.1, 0.15) is 5.82 Å². The largest absolute Gasteiger partial charge is 0.475 e. The smallest absolute Gasteiger partial charge is 0.422 e. The highest BCUT2D eigenvalue weighted by atomic mass is 32.1. The predicted molar refractivity (Wildman–Crippen MR) is 107 cm³/mol. The summed E-state index contributed by atoms with van der Waals surface area (Å²) in [5, 5.41) is 2.94. The van der Waals surface area contributed by atoms with Crippen LogP contribution in [0, 0.1) is 5.92 Å². The fraction of sp³-hybridized carbons (Fsp3) is 0.500. The monoisotopic (exact) mass is 481 g/mol. The Bertz CT molecular complexity index is 913. The molecule has 1 aliphatic rings. The van der Waals surface area contributed by atoms with Gasteiger partial charge in [-0.1, -0.05) is 0 Å². The summed E-state index contributed by atoms with van der Waals surface area (Å²) < 4.78 is 79.4. The van der Waals surface area contributed by atoms with E-state index in [0.717, 1.165) is 23.6 Å². The van der Waals surface area contributed by atoms with Gasteiger partial charge in [0.15, 0.2) is 11.7 Å². The van der Waals surface area contributed by atoms with E-state index in [4.69, 9.17) is 4.74 Å². The zero-order valence-corrected chi connectivity index (χ0v) is 17.8. The molecule has 0 aromatic carbocycles. The normalized spacial score (nSPS) is 18.0. The lowest BCUT2D eigenvalue weighted by Gasteiger charge is -2.18. The van der Waals surface area contributed by atoms with Crippen molar-refractivity contribution < 1.29 is 35.9 Å². The summed E-state index contributed by atoms with van der Waals surface area (Å²) in [5.74, 6) is 0.232. The SMILES string of the molecule is C[C@@H](NC(=O)C[C@H]1CCN(c2ccc(C(F)(F)F)cn2)C1)c1ccc(OCC(F)(F)F)s1. The first-order chi connectivity index (χ1) is 14.9. The van der Waals surface area contributed by atoms with E-state index in [9.17, 15) is 31.1 Å². The Balaban J connectivity index is 1.47. The van der Waals surface area contributed by atoms with E-state index < -0.39 is 30.6 Å². The lowest BCUT2D eigenvalue weighted by molar-refractivity contribution is -0.153. The third-order valence-electron chi connectivity index (χ3n) is 4.94. The predicted octanol–water partition coefficient (Wildman–Crippen LogP) is 5.20. The number of nitrogens with zero attached hydrogens (tertiary/aromatic N) is 2. The van der Waals surface area contributed by atoms with Crippen LogP contribution in [0.3, 0.4) is 0 Å². The van der Waals surface area contributed by atoms with E-state index in [1.807, 2.05) is 4.90 Å². The molecule has 0 spiro atoms. The summed E-state index contributed by atoms with van der Waals surface area (Å²) in [6.45, 7) is 1.43. The fourth-order valence-corrected chi connectivity index (χ4v) is 4.24. The van der Waals surface area contributed by atoms with Crippen molar-refractivity contribution >= 4 is 23.1 Å². The lowest BCUT2D eigenvalue weighted by atomic mass is 10.0. The van der Waals surface area contributed by atoms with Crippen LogP contribution >= 0.6 is 11.3 Å². The molecule has 3 rings (SSSR count). The zero-order valence-electron chi connectivity index (χ0n) is 17.0. The molecule has 1 amide bonds. The van der Waals surface area contributed by atoms with Crippen LogP contribution in [0.2, 0.25) is 0 Å². The minimum atomic E-state index is -4.44. The number of hydrogen-bond acceptors (Lipinski definition) is 5. The van der Waals surface area contributed by atoms with Crippen LogP contribution in [-0.2, 0) is 11.0 Å². The molecule has 1 N–H and O–H groups in total. The van der Waals surface area contributed by atoms with Gasteiger partial charge in [0.05, 0.1) is 11.6 Å². The summed E-state index contributed by atoms with van der Waals surface area (Å²) in [6.07, 6.45) is -7.15. The van der Waals surface area contributed by atoms with E-state index >= 15 is 0 Å². The van der Waals surface area contributed by atoms with E-state index in [1.54, 1.807) is 13.0 Å². The number of anilines is 1. The number of thiophene rings is 1. The van der Waals surface area contributed by atoms with Crippen LogP contribution < -0.4 is 15.0 Å². The number of carbonyl (C=O) groups is 1. The summed E-state index contributed by atoms with van der Waals surface area (Å²) in [5.41, 5.74) is -0.814. The second-order valence-electron chi connectivity index (χ2n) is 7.56. The van der Waals surface area contributed by atoms with Gasteiger partial charge < -0.3 is 15.0 Å². The number of rotatable bonds is 7. The molecule has 2 aromatic rings. The number of pyridine rings is 1. The van der Waals surface area contributed by atoms with Crippen molar-refractivity contribution in [3.63, 3.8) is 0 Å². The Labute approximate surface area is 184 Å². The van der Waals surface area contributed by atoms with Crippen molar-refractivity contribution in [2.75, 3.05) is 24.6 Å². The molecule has 1 fully saturated rings. The number of carbonyl (C=O) groups excluding carboxylic acids is 1. The first-order valence-corrected chi connectivity index (χ1v) is 10.6. The molecule has 2 aromatic heterocycles. The van der Waals surface area contributed by atoms with Crippen molar-refractivity contribution in [3.8, 4) is 5.06 Å². The zero-order chi connectivity index (χ0) is 23.5. The van der Waals surface area contributed by atoms with Gasteiger partial charge in [-0.05, 0) is 43.5 Å². The second kappa shape index (κ2) is 9.55. The van der Waals surface area contributed by atoms with Gasteiger partial charge in [0, 0.05) is 30.6 Å². The minimum Gasteiger partial charge on any atom is -0.475 e. The number of alkyl halides is 6. The molecule has 1 saturated heterocycles. The van der Waals surface area contributed by atoms with Gasteiger partial charge in [-0.15, -0.1) is 11.3 Å². The van der Waals surface area contributed by atoms with Gasteiger partial charge in [-0.25, -0.2) is 4.98 Å². The fourth-order valence-electron chi connectivity index (χ4n) is 3.38. The molecular formula is C20H21F6N3O2S. The van der Waals surface area contributed by atoms with Crippen molar-refractivity contribution in [2.45, 2.75) is 38.2 Å². The van der Waals surface area contributed by atoms with Crippen molar-refractivity contribution in [1.82, 2.24) is 10.3 Å². The van der Waals surface area contributed by atoms with Gasteiger partial charge in [0.2, 0.25) is 5.91 Å². The Morgan fingerprint density at radius 3 is 2.62 bits per heavy atom. The van der Waals surface area contributed by atoms with Crippen LogP contribution in [0.5, 0.6) is 5.06 Å². The maximum atomic E-state index is 12.7. The Hall–Kier alpha value is -2.50. The lowest BCUT2D eigenvalue weighted by Crippen LogP contribution is -2.29. The maximum Gasteiger partial charge on any atom is 0.422 e. The van der Waals surface area contributed by atoms with Crippen molar-refractivity contribution in [1.29, 1.82) is 0 Å². The molecule has 0 bridgehead atoms. The molecule has 12 heteroatoms. The molecular weight excluding hydrogens is 460 g/mol. The Morgan fingerprint density at radius 2 is 2.00 bits per heavy atom. The van der Waals surface area contributed by atoms with Crippen molar-refractivity contribution in [3.05, 3.63) is 40.9 Å². The average Bonchev–Trinajstić information content (AvgIpc) is 3.35. The van der Waals surface area contributed by atoms with Crippen LogP contribution in [0.4, 0.5) is 32.2 Å². The Morgan fingerprint density at radius 1 is 1.25 bits per heavy atom. The molecule has 176 valence electrons. The number of nitrogens with one attached hydrogen (secondary N) is 1. The molecule has 0 unspecified atom stereocenters. The molecule has 5 nitrogen and oxygen atoms in total. The molecule has 2 atom stereocenters. The summed E-state index contributed by atoms with van der Waals surface area (Å²) in [6, 6.07) is 4.94. The van der Waals surface area contributed by atoms with Gasteiger partial charge in [-0.3, -0.25) is 4.79 Å². The average molecular weight is 481 g/mol. The summed E-state index contributed by atoms with van der Waals surface area (Å²) in [7, 11) is 0.